The van der Waals surface area contributed by atoms with Crippen molar-refractivity contribution in [3.63, 3.8) is 0 Å². The number of aromatic nitrogens is 2. The largest absolute Gasteiger partial charge is 0.494 e. The first-order valence-corrected chi connectivity index (χ1v) is 8.09. The summed E-state index contributed by atoms with van der Waals surface area (Å²) in [6.45, 7) is 0.202. The molecule has 0 fully saturated rings. The van der Waals surface area contributed by atoms with Crippen molar-refractivity contribution >= 4 is 32.9 Å². The van der Waals surface area contributed by atoms with Crippen LogP contribution in [0.3, 0.4) is 0 Å². The number of aromatic amines is 2. The van der Waals surface area contributed by atoms with Crippen molar-refractivity contribution in [3.8, 4) is 11.6 Å². The van der Waals surface area contributed by atoms with E-state index in [9.17, 15) is 14.7 Å². The molecule has 7 nitrogen and oxygen atoms in total. The molecule has 8 heteroatoms. The van der Waals surface area contributed by atoms with E-state index in [2.05, 4.69) is 30.9 Å². The van der Waals surface area contributed by atoms with E-state index in [1.165, 1.54) is 25.6 Å². The van der Waals surface area contributed by atoms with Crippen molar-refractivity contribution in [2.45, 2.75) is 6.54 Å². The average molecular weight is 404 g/mol. The fraction of sp³-hybridized carbons (Fsp3) is 0.118. The maximum atomic E-state index is 11.9. The minimum Gasteiger partial charge on any atom is -0.494 e. The molecule has 0 radical (unpaired) electrons. The van der Waals surface area contributed by atoms with Crippen molar-refractivity contribution < 1.29 is 9.84 Å². The quantitative estimate of drug-likeness (QED) is 0.580. The van der Waals surface area contributed by atoms with Crippen LogP contribution in [0.1, 0.15) is 11.3 Å². The highest BCUT2D eigenvalue weighted by Gasteiger charge is 2.09. The van der Waals surface area contributed by atoms with Crippen LogP contribution in [0.25, 0.3) is 10.8 Å². The zero-order chi connectivity index (χ0) is 18.0. The lowest BCUT2D eigenvalue weighted by Crippen LogP contribution is -2.08. The lowest BCUT2D eigenvalue weighted by molar-refractivity contribution is 0.408. The molecule has 25 heavy (non-hydrogen) atoms. The first-order valence-electron chi connectivity index (χ1n) is 7.29. The summed E-state index contributed by atoms with van der Waals surface area (Å²) in [4.78, 5) is 33.2. The van der Waals surface area contributed by atoms with E-state index >= 15 is 0 Å². The van der Waals surface area contributed by atoms with Crippen LogP contribution in [-0.2, 0) is 6.54 Å². The minimum absolute atomic E-state index is 0.202. The van der Waals surface area contributed by atoms with Gasteiger partial charge in [-0.2, -0.15) is 0 Å². The van der Waals surface area contributed by atoms with Crippen LogP contribution in [0.15, 0.2) is 49.5 Å². The molecule has 0 aliphatic heterocycles. The normalized spacial score (nSPS) is 11.3. The highest BCUT2D eigenvalue weighted by molar-refractivity contribution is 9.10. The molecule has 0 saturated carbocycles. The molecular weight excluding hydrogens is 390 g/mol. The maximum absolute atomic E-state index is 11.9. The molecular formula is C17H14BrN3O4. The average Bonchev–Trinajstić information content (AvgIpc) is 2.57. The Labute approximate surface area is 150 Å². The van der Waals surface area contributed by atoms with Gasteiger partial charge in [0.05, 0.1) is 19.2 Å². The smallest absolute Gasteiger partial charge is 0.258 e. The molecule has 3 aromatic rings. The maximum Gasteiger partial charge on any atom is 0.258 e. The number of ether oxygens (including phenoxy) is 1. The van der Waals surface area contributed by atoms with Crippen LogP contribution in [0, 0.1) is 0 Å². The van der Waals surface area contributed by atoms with Gasteiger partial charge in [-0.05, 0) is 18.2 Å². The van der Waals surface area contributed by atoms with E-state index in [0.717, 1.165) is 4.47 Å². The number of H-pyrrole nitrogens is 2. The Bertz CT molecular complexity index is 1090. The van der Waals surface area contributed by atoms with Crippen LogP contribution in [0.5, 0.6) is 11.6 Å². The van der Waals surface area contributed by atoms with Crippen molar-refractivity contribution in [2.24, 2.45) is 4.99 Å². The van der Waals surface area contributed by atoms with Gasteiger partial charge in [0.15, 0.2) is 5.75 Å². The number of hydrogen-bond donors (Lipinski definition) is 3. The van der Waals surface area contributed by atoms with Crippen LogP contribution in [-0.4, -0.2) is 28.4 Å². The second-order valence-electron chi connectivity index (χ2n) is 5.27. The van der Waals surface area contributed by atoms with E-state index < -0.39 is 0 Å². The number of pyridine rings is 2. The van der Waals surface area contributed by atoms with Crippen LogP contribution >= 0.6 is 15.9 Å². The lowest BCUT2D eigenvalue weighted by atomic mass is 10.1. The molecule has 0 amide bonds. The summed E-state index contributed by atoms with van der Waals surface area (Å²) in [6, 6.07) is 6.55. The second kappa shape index (κ2) is 6.94. The highest BCUT2D eigenvalue weighted by Crippen LogP contribution is 2.24. The molecule has 128 valence electrons. The Morgan fingerprint density at radius 3 is 2.80 bits per heavy atom. The van der Waals surface area contributed by atoms with Gasteiger partial charge >= 0.3 is 0 Å². The van der Waals surface area contributed by atoms with E-state index in [4.69, 9.17) is 4.74 Å². The number of nitrogens with one attached hydrogen (secondary N) is 2. The van der Waals surface area contributed by atoms with Gasteiger partial charge in [0.1, 0.15) is 0 Å². The van der Waals surface area contributed by atoms with Crippen LogP contribution in [0.4, 0.5) is 0 Å². The molecule has 1 aromatic carbocycles. The summed E-state index contributed by atoms with van der Waals surface area (Å²) in [5.41, 5.74) is 0.368. The summed E-state index contributed by atoms with van der Waals surface area (Å²) in [5.74, 6) is -0.0376. The predicted octanol–water partition coefficient (Wildman–Crippen LogP) is 2.31. The van der Waals surface area contributed by atoms with Crippen molar-refractivity contribution in [3.05, 3.63) is 66.8 Å². The second-order valence-corrected chi connectivity index (χ2v) is 6.18. The zero-order valence-electron chi connectivity index (χ0n) is 13.2. The Morgan fingerprint density at radius 2 is 2.08 bits per heavy atom. The van der Waals surface area contributed by atoms with Gasteiger partial charge in [-0.15, -0.1) is 0 Å². The number of fused-ring (bicyclic) bond motifs is 1. The summed E-state index contributed by atoms with van der Waals surface area (Å²) in [7, 11) is 1.42. The highest BCUT2D eigenvalue weighted by atomic mass is 79.9. The third-order valence-corrected chi connectivity index (χ3v) is 4.14. The van der Waals surface area contributed by atoms with E-state index in [1.54, 1.807) is 18.2 Å². The topological polar surface area (TPSA) is 108 Å². The van der Waals surface area contributed by atoms with Crippen molar-refractivity contribution in [2.75, 3.05) is 7.11 Å². The molecule has 2 heterocycles. The van der Waals surface area contributed by atoms with Gasteiger partial charge in [-0.25, -0.2) is 0 Å². The number of aromatic hydroxyl groups is 1. The van der Waals surface area contributed by atoms with Gasteiger partial charge in [0.2, 0.25) is 11.3 Å². The molecule has 0 spiro atoms. The Balaban J connectivity index is 1.96. The van der Waals surface area contributed by atoms with E-state index in [-0.39, 0.29) is 29.2 Å². The summed E-state index contributed by atoms with van der Waals surface area (Å²) >= 11 is 3.35. The molecule has 3 N–H and O–H groups in total. The lowest BCUT2D eigenvalue weighted by Gasteiger charge is -2.05. The van der Waals surface area contributed by atoms with Crippen LogP contribution < -0.4 is 15.7 Å². The van der Waals surface area contributed by atoms with E-state index in [1.807, 2.05) is 0 Å². The van der Waals surface area contributed by atoms with Crippen molar-refractivity contribution in [1.29, 1.82) is 0 Å². The van der Waals surface area contributed by atoms with Gasteiger partial charge in [-0.3, -0.25) is 19.6 Å². The minimum atomic E-state index is -0.378. The fourth-order valence-corrected chi connectivity index (χ4v) is 2.79. The number of rotatable bonds is 4. The Kier molecular flexibility index (Phi) is 4.71. The molecule has 0 atom stereocenters. The number of aliphatic imine (C=N–C) groups is 1. The fourth-order valence-electron chi connectivity index (χ4n) is 2.42. The number of methoxy groups -OCH3 is 1. The molecule has 0 saturated heterocycles. The van der Waals surface area contributed by atoms with E-state index in [0.29, 0.717) is 22.0 Å². The number of halogens is 1. The zero-order valence-corrected chi connectivity index (χ0v) is 14.8. The third-order valence-electron chi connectivity index (χ3n) is 3.64. The first kappa shape index (κ1) is 17.0. The monoisotopic (exact) mass is 403 g/mol. The van der Waals surface area contributed by atoms with Gasteiger partial charge in [-0.1, -0.05) is 15.9 Å². The summed E-state index contributed by atoms with van der Waals surface area (Å²) in [5, 5.41) is 11.1. The van der Waals surface area contributed by atoms with Gasteiger partial charge in [0, 0.05) is 39.4 Å². The first-order chi connectivity index (χ1) is 12.0. The van der Waals surface area contributed by atoms with Crippen molar-refractivity contribution in [1.82, 2.24) is 9.97 Å². The van der Waals surface area contributed by atoms with Crippen LogP contribution in [0.2, 0.25) is 0 Å². The summed E-state index contributed by atoms with van der Waals surface area (Å²) < 4.78 is 5.68. The summed E-state index contributed by atoms with van der Waals surface area (Å²) in [6.07, 6.45) is 2.93. The number of benzene rings is 1. The molecule has 0 aliphatic carbocycles. The third kappa shape index (κ3) is 3.48. The molecule has 3 rings (SSSR count). The van der Waals surface area contributed by atoms with Gasteiger partial charge in [0.25, 0.3) is 5.56 Å². The Morgan fingerprint density at radius 1 is 1.28 bits per heavy atom. The predicted molar refractivity (Wildman–Crippen MR) is 98.8 cm³/mol. The number of nitrogens with zero attached hydrogens (tertiary/aromatic N) is 1. The molecule has 0 unspecified atom stereocenters. The standard InChI is InChI=1S/C17H14BrN3O4/c1-25-15-8-20-10(5-14(15)22)6-19-7-13-12-4-9(18)2-3-11(12)16(23)21-17(13)24/h2-5,7-8H,6H2,1H3,(H,20,22)(H2,21,23,24). The SMILES string of the molecule is COc1c[nH]c(CN=Cc2c(O)[nH]c(=O)c3ccc(Br)cc23)cc1=O. The van der Waals surface area contributed by atoms with Gasteiger partial charge < -0.3 is 14.8 Å². The molecule has 0 aliphatic rings. The Hall–Kier alpha value is -2.87. The number of hydrogen-bond acceptors (Lipinski definition) is 5. The molecule has 0 bridgehead atoms. The molecule has 2 aromatic heterocycles.